The van der Waals surface area contributed by atoms with E-state index in [2.05, 4.69) is 16.0 Å². The summed E-state index contributed by atoms with van der Waals surface area (Å²) >= 11 is 0. The lowest BCUT2D eigenvalue weighted by molar-refractivity contribution is -0.125. The SMILES string of the molecule is CNCNC(=O)C1CCNCC1. The number of amides is 1. The van der Waals surface area contributed by atoms with Crippen molar-refractivity contribution in [1.29, 1.82) is 0 Å². The van der Waals surface area contributed by atoms with E-state index in [4.69, 9.17) is 0 Å². The summed E-state index contributed by atoms with van der Waals surface area (Å²) in [6.45, 7) is 2.51. The van der Waals surface area contributed by atoms with Crippen LogP contribution in [0.1, 0.15) is 12.8 Å². The standard InChI is InChI=1S/C8H17N3O/c1-9-6-11-8(12)7-2-4-10-5-3-7/h7,9-10H,2-6H2,1H3,(H,11,12). The Morgan fingerprint density at radius 1 is 1.50 bits per heavy atom. The Balaban J connectivity index is 2.20. The Morgan fingerprint density at radius 2 is 2.17 bits per heavy atom. The minimum atomic E-state index is 0.186. The Labute approximate surface area is 73.1 Å². The summed E-state index contributed by atoms with van der Waals surface area (Å²) in [6, 6.07) is 0. The highest BCUT2D eigenvalue weighted by Crippen LogP contribution is 2.10. The summed E-state index contributed by atoms with van der Waals surface area (Å²) in [5.41, 5.74) is 0. The third-order valence-electron chi connectivity index (χ3n) is 2.15. The molecular formula is C8H17N3O. The molecule has 0 spiro atoms. The van der Waals surface area contributed by atoms with E-state index in [0.29, 0.717) is 6.67 Å². The number of rotatable bonds is 3. The maximum absolute atomic E-state index is 11.4. The Bertz CT molecular complexity index is 143. The monoisotopic (exact) mass is 171 g/mol. The number of nitrogens with one attached hydrogen (secondary N) is 3. The average Bonchev–Trinajstić information content (AvgIpc) is 2.15. The molecule has 1 saturated heterocycles. The van der Waals surface area contributed by atoms with Gasteiger partial charge in [0.2, 0.25) is 5.91 Å². The van der Waals surface area contributed by atoms with Crippen LogP contribution in [0.3, 0.4) is 0 Å². The zero-order chi connectivity index (χ0) is 8.81. The molecule has 1 aliphatic heterocycles. The van der Waals surface area contributed by atoms with Crippen molar-refractivity contribution < 1.29 is 4.79 Å². The third-order valence-corrected chi connectivity index (χ3v) is 2.15. The van der Waals surface area contributed by atoms with Crippen LogP contribution in [0, 0.1) is 5.92 Å². The van der Waals surface area contributed by atoms with E-state index in [0.717, 1.165) is 25.9 Å². The molecule has 4 heteroatoms. The minimum Gasteiger partial charge on any atom is -0.343 e. The lowest BCUT2D eigenvalue weighted by Gasteiger charge is -2.21. The highest BCUT2D eigenvalue weighted by atomic mass is 16.1. The zero-order valence-electron chi connectivity index (χ0n) is 7.52. The van der Waals surface area contributed by atoms with Gasteiger partial charge < -0.3 is 16.0 Å². The topological polar surface area (TPSA) is 53.2 Å². The zero-order valence-corrected chi connectivity index (χ0v) is 7.52. The molecule has 1 amide bonds. The highest BCUT2D eigenvalue weighted by molar-refractivity contribution is 5.78. The smallest absolute Gasteiger partial charge is 0.224 e. The van der Waals surface area contributed by atoms with Gasteiger partial charge in [-0.1, -0.05) is 0 Å². The predicted octanol–water partition coefficient (Wildman–Crippen LogP) is -0.721. The van der Waals surface area contributed by atoms with Gasteiger partial charge in [0.25, 0.3) is 0 Å². The molecule has 1 rings (SSSR count). The van der Waals surface area contributed by atoms with Gasteiger partial charge in [-0.15, -0.1) is 0 Å². The predicted molar refractivity (Wildman–Crippen MR) is 47.7 cm³/mol. The lowest BCUT2D eigenvalue weighted by Crippen LogP contribution is -2.40. The van der Waals surface area contributed by atoms with Gasteiger partial charge in [0.1, 0.15) is 0 Å². The second-order valence-corrected chi connectivity index (χ2v) is 3.10. The molecule has 0 saturated carbocycles. The Kier molecular flexibility index (Phi) is 4.04. The number of piperidine rings is 1. The number of carbonyl (C=O) groups excluding carboxylic acids is 1. The first-order valence-electron chi connectivity index (χ1n) is 4.47. The molecule has 3 N–H and O–H groups in total. The summed E-state index contributed by atoms with van der Waals surface area (Å²) < 4.78 is 0. The number of carbonyl (C=O) groups is 1. The van der Waals surface area contributed by atoms with Crippen molar-refractivity contribution >= 4 is 5.91 Å². The summed E-state index contributed by atoms with van der Waals surface area (Å²) in [5.74, 6) is 0.408. The van der Waals surface area contributed by atoms with Gasteiger partial charge in [0.15, 0.2) is 0 Å². The third kappa shape index (κ3) is 2.79. The quantitative estimate of drug-likeness (QED) is 0.491. The van der Waals surface area contributed by atoms with E-state index < -0.39 is 0 Å². The van der Waals surface area contributed by atoms with Crippen molar-refractivity contribution in [3.05, 3.63) is 0 Å². The first-order valence-corrected chi connectivity index (χ1v) is 4.47. The number of hydrogen-bond acceptors (Lipinski definition) is 3. The van der Waals surface area contributed by atoms with Gasteiger partial charge in [-0.3, -0.25) is 4.79 Å². The van der Waals surface area contributed by atoms with Gasteiger partial charge in [-0.05, 0) is 33.0 Å². The fourth-order valence-corrected chi connectivity index (χ4v) is 1.40. The summed E-state index contributed by atoms with van der Waals surface area (Å²) in [7, 11) is 1.82. The summed E-state index contributed by atoms with van der Waals surface area (Å²) in [5, 5.41) is 8.94. The normalized spacial score (nSPS) is 19.1. The van der Waals surface area contributed by atoms with Gasteiger partial charge >= 0.3 is 0 Å². The van der Waals surface area contributed by atoms with Crippen LogP contribution in [0.2, 0.25) is 0 Å². The van der Waals surface area contributed by atoms with Crippen LogP contribution < -0.4 is 16.0 Å². The van der Waals surface area contributed by atoms with Gasteiger partial charge in [-0.25, -0.2) is 0 Å². The molecule has 0 aliphatic carbocycles. The molecule has 0 aromatic carbocycles. The molecule has 0 radical (unpaired) electrons. The molecule has 0 atom stereocenters. The first-order chi connectivity index (χ1) is 5.84. The Morgan fingerprint density at radius 3 is 2.75 bits per heavy atom. The molecule has 70 valence electrons. The molecular weight excluding hydrogens is 154 g/mol. The van der Waals surface area contributed by atoms with E-state index in [1.54, 1.807) is 0 Å². The van der Waals surface area contributed by atoms with E-state index in [9.17, 15) is 4.79 Å². The van der Waals surface area contributed by atoms with Crippen LogP contribution in [-0.4, -0.2) is 32.7 Å². The molecule has 4 nitrogen and oxygen atoms in total. The van der Waals surface area contributed by atoms with Crippen molar-refractivity contribution in [2.24, 2.45) is 5.92 Å². The first kappa shape index (κ1) is 9.48. The van der Waals surface area contributed by atoms with Gasteiger partial charge in [-0.2, -0.15) is 0 Å². The van der Waals surface area contributed by atoms with Crippen LogP contribution in [0.5, 0.6) is 0 Å². The van der Waals surface area contributed by atoms with Crippen LogP contribution >= 0.6 is 0 Å². The summed E-state index contributed by atoms with van der Waals surface area (Å²) in [4.78, 5) is 11.4. The van der Waals surface area contributed by atoms with Crippen molar-refractivity contribution in [1.82, 2.24) is 16.0 Å². The van der Waals surface area contributed by atoms with Crippen molar-refractivity contribution in [3.8, 4) is 0 Å². The maximum atomic E-state index is 11.4. The van der Waals surface area contributed by atoms with E-state index in [1.165, 1.54) is 0 Å². The van der Waals surface area contributed by atoms with Crippen LogP contribution in [0.15, 0.2) is 0 Å². The van der Waals surface area contributed by atoms with Crippen molar-refractivity contribution in [2.45, 2.75) is 12.8 Å². The highest BCUT2D eigenvalue weighted by Gasteiger charge is 2.19. The van der Waals surface area contributed by atoms with Crippen molar-refractivity contribution in [2.75, 3.05) is 26.8 Å². The number of hydrogen-bond donors (Lipinski definition) is 3. The molecule has 1 fully saturated rings. The van der Waals surface area contributed by atoms with Gasteiger partial charge in [0, 0.05) is 5.92 Å². The largest absolute Gasteiger partial charge is 0.343 e. The molecule has 0 bridgehead atoms. The van der Waals surface area contributed by atoms with E-state index in [1.807, 2.05) is 7.05 Å². The van der Waals surface area contributed by atoms with Gasteiger partial charge in [0.05, 0.1) is 6.67 Å². The van der Waals surface area contributed by atoms with Crippen LogP contribution in [-0.2, 0) is 4.79 Å². The summed E-state index contributed by atoms with van der Waals surface area (Å²) in [6.07, 6.45) is 1.94. The minimum absolute atomic E-state index is 0.186. The second kappa shape index (κ2) is 5.11. The van der Waals surface area contributed by atoms with Crippen LogP contribution in [0.25, 0.3) is 0 Å². The fourth-order valence-electron chi connectivity index (χ4n) is 1.40. The maximum Gasteiger partial charge on any atom is 0.224 e. The lowest BCUT2D eigenvalue weighted by atomic mass is 9.97. The van der Waals surface area contributed by atoms with E-state index in [-0.39, 0.29) is 11.8 Å². The fraction of sp³-hybridized carbons (Fsp3) is 0.875. The van der Waals surface area contributed by atoms with E-state index >= 15 is 0 Å². The Hall–Kier alpha value is -0.610. The molecule has 1 aliphatic rings. The second-order valence-electron chi connectivity index (χ2n) is 3.10. The molecule has 0 unspecified atom stereocenters. The van der Waals surface area contributed by atoms with Crippen LogP contribution in [0.4, 0.5) is 0 Å². The molecule has 0 aromatic rings. The molecule has 12 heavy (non-hydrogen) atoms. The average molecular weight is 171 g/mol. The molecule has 0 aromatic heterocycles. The molecule has 1 heterocycles. The van der Waals surface area contributed by atoms with Crippen molar-refractivity contribution in [3.63, 3.8) is 0 Å².